The number of ether oxygens (including phenoxy) is 2. The molecule has 4 heterocycles. The van der Waals surface area contributed by atoms with Gasteiger partial charge in [0, 0.05) is 66.5 Å². The summed E-state index contributed by atoms with van der Waals surface area (Å²) in [7, 11) is 3.39. The molecule has 0 bridgehead atoms. The molecular weight excluding hydrogens is 524 g/mol. The molecule has 8 heteroatoms. The lowest BCUT2D eigenvalue weighted by atomic mass is 9.95. The Kier molecular flexibility index (Phi) is 8.68. The third kappa shape index (κ3) is 5.98. The third-order valence-electron chi connectivity index (χ3n) is 8.87. The summed E-state index contributed by atoms with van der Waals surface area (Å²) in [5.41, 5.74) is 10.2. The van der Waals surface area contributed by atoms with E-state index in [2.05, 4.69) is 44.4 Å². The SMILES string of the molecule is COc1cccc2c(N3CCCC3)cc(N)nc12.COc1cccc2c(N3CCCC3)cc(NC3CCCCC3)nc12. The maximum absolute atomic E-state index is 5.92. The molecule has 3 fully saturated rings. The van der Waals surface area contributed by atoms with Crippen molar-refractivity contribution < 1.29 is 9.47 Å². The van der Waals surface area contributed by atoms with Crippen molar-refractivity contribution >= 4 is 44.8 Å². The van der Waals surface area contributed by atoms with E-state index in [1.807, 2.05) is 24.3 Å². The van der Waals surface area contributed by atoms with Crippen molar-refractivity contribution in [3.8, 4) is 11.5 Å². The van der Waals surface area contributed by atoms with Crippen molar-refractivity contribution in [1.82, 2.24) is 9.97 Å². The first-order valence-corrected chi connectivity index (χ1v) is 15.6. The second-order valence-corrected chi connectivity index (χ2v) is 11.7. The van der Waals surface area contributed by atoms with E-state index < -0.39 is 0 Å². The molecule has 1 aliphatic carbocycles. The summed E-state index contributed by atoms with van der Waals surface area (Å²) in [5.74, 6) is 3.19. The Morgan fingerprint density at radius 2 is 1.21 bits per heavy atom. The van der Waals surface area contributed by atoms with Crippen LogP contribution >= 0.6 is 0 Å². The topological polar surface area (TPSA) is 88.8 Å². The first-order valence-electron chi connectivity index (χ1n) is 15.6. The number of hydrogen-bond acceptors (Lipinski definition) is 8. The van der Waals surface area contributed by atoms with Crippen LogP contribution in [0, 0.1) is 0 Å². The van der Waals surface area contributed by atoms with Gasteiger partial charge in [0.2, 0.25) is 0 Å². The molecule has 222 valence electrons. The summed E-state index contributed by atoms with van der Waals surface area (Å²) in [4.78, 5) is 14.2. The van der Waals surface area contributed by atoms with Gasteiger partial charge >= 0.3 is 0 Å². The zero-order chi connectivity index (χ0) is 28.9. The van der Waals surface area contributed by atoms with Crippen LogP contribution in [0.3, 0.4) is 0 Å². The van der Waals surface area contributed by atoms with E-state index in [0.717, 1.165) is 59.9 Å². The Hall–Kier alpha value is -3.94. The number of fused-ring (bicyclic) bond motifs is 2. The van der Waals surface area contributed by atoms with Gasteiger partial charge in [-0.15, -0.1) is 0 Å². The van der Waals surface area contributed by atoms with Gasteiger partial charge in [0.25, 0.3) is 0 Å². The summed E-state index contributed by atoms with van der Waals surface area (Å²) in [6.45, 7) is 4.46. The lowest BCUT2D eigenvalue weighted by Gasteiger charge is -2.26. The molecule has 7 rings (SSSR count). The molecular formula is C34H44N6O2. The number of hydrogen-bond donors (Lipinski definition) is 2. The molecule has 2 aromatic heterocycles. The second-order valence-electron chi connectivity index (χ2n) is 11.7. The van der Waals surface area contributed by atoms with Gasteiger partial charge < -0.3 is 30.3 Å². The number of rotatable bonds is 6. The van der Waals surface area contributed by atoms with Gasteiger partial charge in [-0.2, -0.15) is 0 Å². The molecule has 0 atom stereocenters. The first-order chi connectivity index (χ1) is 20.6. The fourth-order valence-electron chi connectivity index (χ4n) is 6.73. The maximum Gasteiger partial charge on any atom is 0.145 e. The minimum absolute atomic E-state index is 0.550. The average Bonchev–Trinajstić information content (AvgIpc) is 3.76. The van der Waals surface area contributed by atoms with Crippen LogP contribution in [0.4, 0.5) is 23.0 Å². The van der Waals surface area contributed by atoms with Crippen LogP contribution in [0.2, 0.25) is 0 Å². The number of anilines is 4. The van der Waals surface area contributed by atoms with Crippen LogP contribution in [-0.4, -0.2) is 56.4 Å². The van der Waals surface area contributed by atoms with E-state index in [9.17, 15) is 0 Å². The molecule has 0 amide bonds. The Balaban J connectivity index is 0.000000157. The highest BCUT2D eigenvalue weighted by molar-refractivity contribution is 5.98. The molecule has 4 aromatic rings. The number of nitrogens with two attached hydrogens (primary N) is 1. The van der Waals surface area contributed by atoms with Crippen LogP contribution < -0.4 is 30.3 Å². The summed E-state index contributed by atoms with van der Waals surface area (Å²) in [5, 5.41) is 6.01. The van der Waals surface area contributed by atoms with E-state index in [-0.39, 0.29) is 0 Å². The van der Waals surface area contributed by atoms with Crippen LogP contribution in [0.25, 0.3) is 21.8 Å². The Labute approximate surface area is 249 Å². The van der Waals surface area contributed by atoms with Crippen molar-refractivity contribution in [2.24, 2.45) is 0 Å². The number of aromatic nitrogens is 2. The summed E-state index contributed by atoms with van der Waals surface area (Å²) >= 11 is 0. The Bertz CT molecular complexity index is 1510. The van der Waals surface area contributed by atoms with Crippen molar-refractivity contribution in [2.75, 3.05) is 61.2 Å². The zero-order valence-corrected chi connectivity index (χ0v) is 25.1. The minimum Gasteiger partial charge on any atom is -0.494 e. The fourth-order valence-corrected chi connectivity index (χ4v) is 6.73. The van der Waals surface area contributed by atoms with Gasteiger partial charge in [0.15, 0.2) is 0 Å². The van der Waals surface area contributed by atoms with Crippen molar-refractivity contribution in [2.45, 2.75) is 63.8 Å². The number of benzene rings is 2. The van der Waals surface area contributed by atoms with E-state index in [4.69, 9.17) is 20.2 Å². The number of methoxy groups -OCH3 is 2. The highest BCUT2D eigenvalue weighted by Gasteiger charge is 2.21. The molecule has 2 saturated heterocycles. The maximum atomic E-state index is 5.92. The van der Waals surface area contributed by atoms with Gasteiger partial charge in [0.05, 0.1) is 14.2 Å². The van der Waals surface area contributed by atoms with Crippen LogP contribution in [0.15, 0.2) is 48.5 Å². The predicted octanol–water partition coefficient (Wildman–Crippen LogP) is 7.01. The van der Waals surface area contributed by atoms with E-state index in [0.29, 0.717) is 11.9 Å². The summed E-state index contributed by atoms with van der Waals surface area (Å²) < 4.78 is 10.9. The normalized spacial score (nSPS) is 17.4. The Morgan fingerprint density at radius 1 is 0.690 bits per heavy atom. The Morgan fingerprint density at radius 3 is 1.76 bits per heavy atom. The first kappa shape index (κ1) is 28.2. The molecule has 8 nitrogen and oxygen atoms in total. The van der Waals surface area contributed by atoms with Crippen LogP contribution in [-0.2, 0) is 0 Å². The lowest BCUT2D eigenvalue weighted by Crippen LogP contribution is -2.24. The number of nitrogens with zero attached hydrogens (tertiary/aromatic N) is 4. The van der Waals surface area contributed by atoms with E-state index >= 15 is 0 Å². The van der Waals surface area contributed by atoms with E-state index in [1.54, 1.807) is 14.2 Å². The predicted molar refractivity (Wildman–Crippen MR) is 174 cm³/mol. The van der Waals surface area contributed by atoms with Crippen molar-refractivity contribution in [3.05, 3.63) is 48.5 Å². The molecule has 2 aliphatic heterocycles. The molecule has 0 radical (unpaired) electrons. The molecule has 2 aromatic carbocycles. The van der Waals surface area contributed by atoms with Gasteiger partial charge in [-0.3, -0.25) is 0 Å². The monoisotopic (exact) mass is 568 g/mol. The third-order valence-corrected chi connectivity index (χ3v) is 8.87. The summed E-state index contributed by atoms with van der Waals surface area (Å²) in [6.07, 6.45) is 11.6. The number of nitrogen functional groups attached to an aromatic ring is 1. The highest BCUT2D eigenvalue weighted by atomic mass is 16.5. The quantitative estimate of drug-likeness (QED) is 0.257. The van der Waals surface area contributed by atoms with Gasteiger partial charge in [-0.1, -0.05) is 43.5 Å². The standard InChI is InChI=1S/C20H27N3O.C14H17N3O/c1-24-18-11-7-10-16-17(23-12-5-6-13-23)14-19(22-20(16)18)21-15-8-3-2-4-9-15;1-18-12-6-4-5-10-11(17-7-2-3-8-17)9-13(15)16-14(10)12/h7,10-11,14-15H,2-6,8-9,12-13H2,1H3,(H,21,22);4-6,9H,2-3,7-8H2,1H3,(H2,15,16). The van der Waals surface area contributed by atoms with Crippen molar-refractivity contribution in [1.29, 1.82) is 0 Å². The zero-order valence-electron chi connectivity index (χ0n) is 25.1. The largest absolute Gasteiger partial charge is 0.494 e. The molecule has 3 N–H and O–H groups in total. The molecule has 0 unspecified atom stereocenters. The summed E-state index contributed by atoms with van der Waals surface area (Å²) in [6, 6.07) is 17.0. The second kappa shape index (κ2) is 12.9. The lowest BCUT2D eigenvalue weighted by molar-refractivity contribution is 0.419. The van der Waals surface area contributed by atoms with Crippen molar-refractivity contribution in [3.63, 3.8) is 0 Å². The van der Waals surface area contributed by atoms with E-state index in [1.165, 1.54) is 74.5 Å². The van der Waals surface area contributed by atoms with Gasteiger partial charge in [0.1, 0.15) is 34.2 Å². The molecule has 42 heavy (non-hydrogen) atoms. The van der Waals surface area contributed by atoms with Crippen LogP contribution in [0.5, 0.6) is 11.5 Å². The molecule has 1 saturated carbocycles. The minimum atomic E-state index is 0.550. The molecule has 0 spiro atoms. The highest BCUT2D eigenvalue weighted by Crippen LogP contribution is 2.36. The van der Waals surface area contributed by atoms with Gasteiger partial charge in [-0.25, -0.2) is 9.97 Å². The smallest absolute Gasteiger partial charge is 0.145 e. The molecule has 3 aliphatic rings. The van der Waals surface area contributed by atoms with Gasteiger partial charge in [-0.05, 0) is 50.7 Å². The average molecular weight is 569 g/mol. The number of pyridine rings is 2. The fraction of sp³-hybridized carbons (Fsp3) is 0.471. The number of nitrogens with one attached hydrogen (secondary N) is 1. The van der Waals surface area contributed by atoms with Crippen LogP contribution in [0.1, 0.15) is 57.8 Å². The number of para-hydroxylation sites is 2.